The van der Waals surface area contributed by atoms with Gasteiger partial charge in [-0.2, -0.15) is 0 Å². The van der Waals surface area contributed by atoms with Crippen LogP contribution in [0, 0.1) is 0 Å². The molecule has 2 N–H and O–H groups in total. The van der Waals surface area contributed by atoms with Crippen molar-refractivity contribution in [3.8, 4) is 0 Å². The maximum Gasteiger partial charge on any atom is 0.360 e. The fourth-order valence-electron chi connectivity index (χ4n) is 1.18. The summed E-state index contributed by atoms with van der Waals surface area (Å²) < 4.78 is 6.13. The summed E-state index contributed by atoms with van der Waals surface area (Å²) in [6.07, 6.45) is 4.56. The average molecular weight is 192 g/mol. The number of rotatable bonds is 1. The van der Waals surface area contributed by atoms with Gasteiger partial charge in [0.25, 0.3) is 0 Å². The first-order chi connectivity index (χ1) is 6.74. The van der Waals surface area contributed by atoms with Crippen molar-refractivity contribution in [3.63, 3.8) is 0 Å². The number of carbonyl (C=O) groups excluding carboxylic acids is 1. The quantitative estimate of drug-likeness (QED) is 0.648. The summed E-state index contributed by atoms with van der Waals surface area (Å²) in [5.74, 6) is -0.0752. The Morgan fingerprint density at radius 2 is 2.36 bits per heavy atom. The molecule has 0 saturated carbocycles. The molecule has 72 valence electrons. The molecule has 0 fully saturated rings. The second-order valence-electron chi connectivity index (χ2n) is 2.64. The van der Waals surface area contributed by atoms with E-state index in [1.54, 1.807) is 10.6 Å². The van der Waals surface area contributed by atoms with Crippen LogP contribution >= 0.6 is 0 Å². The van der Waals surface area contributed by atoms with E-state index in [0.717, 1.165) is 0 Å². The second kappa shape index (κ2) is 2.99. The fraction of sp³-hybridized carbons (Fsp3) is 0.125. The molecule has 2 aromatic heterocycles. The molecule has 0 spiro atoms. The van der Waals surface area contributed by atoms with Crippen LogP contribution in [0.15, 0.2) is 18.6 Å². The normalized spacial score (nSPS) is 10.4. The van der Waals surface area contributed by atoms with Gasteiger partial charge in [0.15, 0.2) is 11.3 Å². The molecule has 0 aliphatic rings. The van der Waals surface area contributed by atoms with Crippen molar-refractivity contribution in [2.75, 3.05) is 12.8 Å². The van der Waals surface area contributed by atoms with Crippen LogP contribution < -0.4 is 5.73 Å². The standard InChI is InChI=1S/C8H8N4O2/c1-14-8(13)6-7-11-4-5(9)12(7)3-2-10-6/h2-4H,9H2,1H3. The molecule has 2 rings (SSSR count). The predicted octanol–water partition coefficient (Wildman–Crippen LogP) is 0.0981. The van der Waals surface area contributed by atoms with E-state index in [4.69, 9.17) is 5.73 Å². The summed E-state index contributed by atoms with van der Waals surface area (Å²) in [6, 6.07) is 0. The largest absolute Gasteiger partial charge is 0.464 e. The lowest BCUT2D eigenvalue weighted by Crippen LogP contribution is -2.07. The number of carbonyl (C=O) groups is 1. The van der Waals surface area contributed by atoms with Gasteiger partial charge in [-0.05, 0) is 0 Å². The van der Waals surface area contributed by atoms with Gasteiger partial charge in [-0.3, -0.25) is 4.40 Å². The van der Waals surface area contributed by atoms with Crippen molar-refractivity contribution >= 4 is 17.4 Å². The highest BCUT2D eigenvalue weighted by molar-refractivity contribution is 5.93. The zero-order valence-corrected chi connectivity index (χ0v) is 7.47. The van der Waals surface area contributed by atoms with Gasteiger partial charge in [-0.15, -0.1) is 0 Å². The number of hydrogen-bond acceptors (Lipinski definition) is 5. The van der Waals surface area contributed by atoms with Crippen molar-refractivity contribution in [1.82, 2.24) is 14.4 Å². The molecule has 14 heavy (non-hydrogen) atoms. The number of nitrogen functional groups attached to an aromatic ring is 1. The van der Waals surface area contributed by atoms with Gasteiger partial charge in [-0.1, -0.05) is 0 Å². The highest BCUT2D eigenvalue weighted by Crippen LogP contribution is 2.11. The number of ether oxygens (including phenoxy) is 1. The Balaban J connectivity index is 2.71. The zero-order chi connectivity index (χ0) is 10.1. The summed E-state index contributed by atoms with van der Waals surface area (Å²) in [6.45, 7) is 0. The molecule has 0 bridgehead atoms. The van der Waals surface area contributed by atoms with Crippen LogP contribution in [0.2, 0.25) is 0 Å². The maximum atomic E-state index is 11.3. The minimum atomic E-state index is -0.527. The molecule has 0 aromatic carbocycles. The molecule has 0 aliphatic heterocycles. The van der Waals surface area contributed by atoms with E-state index in [-0.39, 0.29) is 5.69 Å². The minimum absolute atomic E-state index is 0.159. The van der Waals surface area contributed by atoms with Crippen molar-refractivity contribution < 1.29 is 9.53 Å². The SMILES string of the molecule is COC(=O)c1nccn2c(N)cnc12. The van der Waals surface area contributed by atoms with E-state index in [1.165, 1.54) is 19.5 Å². The first-order valence-electron chi connectivity index (χ1n) is 3.90. The number of aromatic nitrogens is 3. The number of hydrogen-bond donors (Lipinski definition) is 1. The van der Waals surface area contributed by atoms with Gasteiger partial charge in [0.2, 0.25) is 0 Å². The summed E-state index contributed by atoms with van der Waals surface area (Å²) in [7, 11) is 1.29. The van der Waals surface area contributed by atoms with E-state index in [9.17, 15) is 4.79 Å². The third kappa shape index (κ3) is 1.08. The fourth-order valence-corrected chi connectivity index (χ4v) is 1.18. The number of esters is 1. The number of methoxy groups -OCH3 is 1. The highest BCUT2D eigenvalue weighted by Gasteiger charge is 2.14. The number of anilines is 1. The molecule has 6 nitrogen and oxygen atoms in total. The van der Waals surface area contributed by atoms with Gasteiger partial charge >= 0.3 is 5.97 Å². The molecular formula is C8H8N4O2. The Kier molecular flexibility index (Phi) is 1.81. The van der Waals surface area contributed by atoms with Gasteiger partial charge < -0.3 is 10.5 Å². The Bertz CT molecular complexity index is 491. The average Bonchev–Trinajstić information content (AvgIpc) is 2.59. The van der Waals surface area contributed by atoms with E-state index in [2.05, 4.69) is 14.7 Å². The van der Waals surface area contributed by atoms with Gasteiger partial charge in [0.05, 0.1) is 13.3 Å². The Labute approximate surface area is 79.3 Å². The van der Waals surface area contributed by atoms with Crippen molar-refractivity contribution in [1.29, 1.82) is 0 Å². The summed E-state index contributed by atoms with van der Waals surface area (Å²) >= 11 is 0. The van der Waals surface area contributed by atoms with Crippen LogP contribution in [0.5, 0.6) is 0 Å². The summed E-state index contributed by atoms with van der Waals surface area (Å²) in [5.41, 5.74) is 6.17. The third-order valence-corrected chi connectivity index (χ3v) is 1.84. The lowest BCUT2D eigenvalue weighted by Gasteiger charge is -2.00. The highest BCUT2D eigenvalue weighted by atomic mass is 16.5. The minimum Gasteiger partial charge on any atom is -0.464 e. The van der Waals surface area contributed by atoms with E-state index in [1.807, 2.05) is 0 Å². The topological polar surface area (TPSA) is 82.5 Å². The molecule has 0 aliphatic carbocycles. The Hall–Kier alpha value is -2.11. The maximum absolute atomic E-state index is 11.3. The van der Waals surface area contributed by atoms with E-state index < -0.39 is 5.97 Å². The monoisotopic (exact) mass is 192 g/mol. The van der Waals surface area contributed by atoms with Crippen LogP contribution in [-0.2, 0) is 4.74 Å². The molecule has 0 unspecified atom stereocenters. The number of fused-ring (bicyclic) bond motifs is 1. The summed E-state index contributed by atoms with van der Waals surface area (Å²) in [5, 5.41) is 0. The number of nitrogens with zero attached hydrogens (tertiary/aromatic N) is 3. The van der Waals surface area contributed by atoms with Gasteiger partial charge in [-0.25, -0.2) is 14.8 Å². The van der Waals surface area contributed by atoms with Crippen LogP contribution in [0.4, 0.5) is 5.82 Å². The molecular weight excluding hydrogens is 184 g/mol. The lowest BCUT2D eigenvalue weighted by molar-refractivity contribution is 0.0595. The number of imidazole rings is 1. The first kappa shape index (κ1) is 8.49. The molecule has 0 radical (unpaired) electrons. The zero-order valence-electron chi connectivity index (χ0n) is 7.47. The third-order valence-electron chi connectivity index (χ3n) is 1.84. The Morgan fingerprint density at radius 1 is 1.57 bits per heavy atom. The second-order valence-corrected chi connectivity index (χ2v) is 2.64. The van der Waals surface area contributed by atoms with Crippen molar-refractivity contribution in [2.24, 2.45) is 0 Å². The summed E-state index contributed by atoms with van der Waals surface area (Å²) in [4.78, 5) is 19.1. The van der Waals surface area contributed by atoms with Gasteiger partial charge in [0, 0.05) is 12.4 Å². The molecule has 2 aromatic rings. The van der Waals surface area contributed by atoms with E-state index in [0.29, 0.717) is 11.5 Å². The lowest BCUT2D eigenvalue weighted by atomic mass is 10.4. The Morgan fingerprint density at radius 3 is 3.07 bits per heavy atom. The smallest absolute Gasteiger partial charge is 0.360 e. The number of nitrogens with two attached hydrogens (primary N) is 1. The van der Waals surface area contributed by atoms with Crippen molar-refractivity contribution in [2.45, 2.75) is 0 Å². The van der Waals surface area contributed by atoms with Crippen LogP contribution in [-0.4, -0.2) is 27.4 Å². The molecule has 0 atom stereocenters. The molecule has 2 heterocycles. The molecule has 6 heteroatoms. The van der Waals surface area contributed by atoms with Crippen LogP contribution in [0.25, 0.3) is 5.65 Å². The first-order valence-corrected chi connectivity index (χ1v) is 3.90. The van der Waals surface area contributed by atoms with E-state index >= 15 is 0 Å². The molecule has 0 saturated heterocycles. The van der Waals surface area contributed by atoms with Crippen LogP contribution in [0.1, 0.15) is 10.5 Å². The van der Waals surface area contributed by atoms with Crippen molar-refractivity contribution in [3.05, 3.63) is 24.3 Å². The van der Waals surface area contributed by atoms with Crippen LogP contribution in [0.3, 0.4) is 0 Å². The molecule has 0 amide bonds. The van der Waals surface area contributed by atoms with Gasteiger partial charge in [0.1, 0.15) is 5.82 Å². The predicted molar refractivity (Wildman–Crippen MR) is 48.7 cm³/mol.